The molecule has 0 aromatic carbocycles. The SMILES string of the molecule is CC=CCCC=CC1(CCC)CCCCC1. The molecule has 1 saturated carbocycles. The zero-order valence-electron chi connectivity index (χ0n) is 11.2. The summed E-state index contributed by atoms with van der Waals surface area (Å²) < 4.78 is 0. The minimum absolute atomic E-state index is 0.572. The maximum atomic E-state index is 2.55. The molecule has 0 heterocycles. The van der Waals surface area contributed by atoms with Crippen LogP contribution in [0.15, 0.2) is 24.3 Å². The lowest BCUT2D eigenvalue weighted by atomic mass is 9.71. The topological polar surface area (TPSA) is 0 Å². The second kappa shape index (κ2) is 7.70. The molecule has 1 aliphatic rings. The van der Waals surface area contributed by atoms with Gasteiger partial charge in [0.25, 0.3) is 0 Å². The Hall–Kier alpha value is -0.520. The Morgan fingerprint density at radius 1 is 1.00 bits per heavy atom. The fourth-order valence-electron chi connectivity index (χ4n) is 2.95. The number of allylic oxidation sites excluding steroid dienone is 4. The van der Waals surface area contributed by atoms with Crippen molar-refractivity contribution in [2.45, 2.75) is 71.6 Å². The summed E-state index contributed by atoms with van der Waals surface area (Å²) in [5.41, 5.74) is 0.572. The third kappa shape index (κ3) is 4.55. The summed E-state index contributed by atoms with van der Waals surface area (Å²) >= 11 is 0. The molecule has 0 bridgehead atoms. The van der Waals surface area contributed by atoms with Crippen LogP contribution in [0.25, 0.3) is 0 Å². The summed E-state index contributed by atoms with van der Waals surface area (Å²) in [6.45, 7) is 4.42. The maximum Gasteiger partial charge on any atom is -0.0118 e. The van der Waals surface area contributed by atoms with E-state index in [1.54, 1.807) is 0 Å². The molecule has 1 rings (SSSR count). The summed E-state index contributed by atoms with van der Waals surface area (Å²) in [5, 5.41) is 0. The first-order valence-electron chi connectivity index (χ1n) is 7.12. The third-order valence-electron chi connectivity index (χ3n) is 3.80. The molecular weight excluding hydrogens is 192 g/mol. The van der Waals surface area contributed by atoms with Crippen LogP contribution in [0, 0.1) is 5.41 Å². The number of rotatable bonds is 6. The summed E-state index contributed by atoms with van der Waals surface area (Å²) in [4.78, 5) is 0. The van der Waals surface area contributed by atoms with Gasteiger partial charge in [0.2, 0.25) is 0 Å². The van der Waals surface area contributed by atoms with Crippen molar-refractivity contribution in [3.05, 3.63) is 24.3 Å². The number of unbranched alkanes of at least 4 members (excludes halogenated alkanes) is 1. The van der Waals surface area contributed by atoms with Crippen molar-refractivity contribution in [1.82, 2.24) is 0 Å². The quantitative estimate of drug-likeness (QED) is 0.401. The molecule has 0 heteroatoms. The lowest BCUT2D eigenvalue weighted by molar-refractivity contribution is 0.236. The van der Waals surface area contributed by atoms with Gasteiger partial charge in [-0.05, 0) is 44.4 Å². The molecular formula is C16H28. The molecule has 0 amide bonds. The monoisotopic (exact) mass is 220 g/mol. The fraction of sp³-hybridized carbons (Fsp3) is 0.750. The van der Waals surface area contributed by atoms with E-state index in [2.05, 4.69) is 38.2 Å². The van der Waals surface area contributed by atoms with Crippen molar-refractivity contribution >= 4 is 0 Å². The van der Waals surface area contributed by atoms with Gasteiger partial charge in [0.05, 0.1) is 0 Å². The van der Waals surface area contributed by atoms with Gasteiger partial charge in [-0.15, -0.1) is 0 Å². The van der Waals surface area contributed by atoms with Gasteiger partial charge in [0, 0.05) is 0 Å². The maximum absolute atomic E-state index is 2.55. The molecule has 1 fully saturated rings. The molecule has 0 nitrogen and oxygen atoms in total. The van der Waals surface area contributed by atoms with Gasteiger partial charge >= 0.3 is 0 Å². The molecule has 92 valence electrons. The Morgan fingerprint density at radius 3 is 2.31 bits per heavy atom. The van der Waals surface area contributed by atoms with Crippen LogP contribution in [0.1, 0.15) is 71.6 Å². The van der Waals surface area contributed by atoms with E-state index < -0.39 is 0 Å². The van der Waals surface area contributed by atoms with Crippen LogP contribution in [0.2, 0.25) is 0 Å². The third-order valence-corrected chi connectivity index (χ3v) is 3.80. The molecule has 1 aliphatic carbocycles. The van der Waals surface area contributed by atoms with E-state index >= 15 is 0 Å². The molecule has 16 heavy (non-hydrogen) atoms. The molecule has 0 unspecified atom stereocenters. The molecule has 0 aliphatic heterocycles. The van der Waals surface area contributed by atoms with Crippen molar-refractivity contribution in [3.8, 4) is 0 Å². The average Bonchev–Trinajstić information content (AvgIpc) is 2.30. The highest BCUT2D eigenvalue weighted by molar-refractivity contribution is 5.01. The smallest absolute Gasteiger partial charge is 0.0118 e. The van der Waals surface area contributed by atoms with Crippen molar-refractivity contribution in [1.29, 1.82) is 0 Å². The number of hydrogen-bond donors (Lipinski definition) is 0. The van der Waals surface area contributed by atoms with Crippen LogP contribution in [-0.2, 0) is 0 Å². The van der Waals surface area contributed by atoms with E-state index in [9.17, 15) is 0 Å². The van der Waals surface area contributed by atoms with Gasteiger partial charge in [0.1, 0.15) is 0 Å². The first kappa shape index (κ1) is 13.5. The highest BCUT2D eigenvalue weighted by Crippen LogP contribution is 2.41. The minimum Gasteiger partial charge on any atom is -0.0917 e. The summed E-state index contributed by atoms with van der Waals surface area (Å²) in [5.74, 6) is 0. The highest BCUT2D eigenvalue weighted by Gasteiger charge is 2.27. The van der Waals surface area contributed by atoms with Crippen molar-refractivity contribution in [2.24, 2.45) is 5.41 Å². The molecule has 0 radical (unpaired) electrons. The normalized spacial score (nSPS) is 20.9. The van der Waals surface area contributed by atoms with E-state index in [0.29, 0.717) is 5.41 Å². The molecule has 0 aromatic rings. The first-order chi connectivity index (χ1) is 7.83. The van der Waals surface area contributed by atoms with Crippen LogP contribution in [-0.4, -0.2) is 0 Å². The Morgan fingerprint density at radius 2 is 1.69 bits per heavy atom. The van der Waals surface area contributed by atoms with Crippen LogP contribution < -0.4 is 0 Å². The Kier molecular flexibility index (Phi) is 6.52. The standard InChI is InChI=1S/C16H28/c1-3-5-6-7-9-13-16(12-4-2)14-10-8-11-15-16/h3,5,9,13H,4,6-8,10-12,14-15H2,1-2H3. The van der Waals surface area contributed by atoms with Gasteiger partial charge < -0.3 is 0 Å². The van der Waals surface area contributed by atoms with E-state index in [0.717, 1.165) is 0 Å². The van der Waals surface area contributed by atoms with Gasteiger partial charge in [-0.2, -0.15) is 0 Å². The first-order valence-corrected chi connectivity index (χ1v) is 7.12. The molecule has 0 saturated heterocycles. The summed E-state index contributed by atoms with van der Waals surface area (Å²) in [7, 11) is 0. The van der Waals surface area contributed by atoms with E-state index in [1.165, 1.54) is 57.8 Å². The van der Waals surface area contributed by atoms with Crippen molar-refractivity contribution in [2.75, 3.05) is 0 Å². The Labute approximate surface area is 102 Å². The lowest BCUT2D eigenvalue weighted by Crippen LogP contribution is -2.21. The average molecular weight is 220 g/mol. The van der Waals surface area contributed by atoms with E-state index in [4.69, 9.17) is 0 Å². The Balaban J connectivity index is 2.42. The van der Waals surface area contributed by atoms with Crippen LogP contribution in [0.3, 0.4) is 0 Å². The second-order valence-corrected chi connectivity index (χ2v) is 5.22. The van der Waals surface area contributed by atoms with Gasteiger partial charge in [-0.3, -0.25) is 0 Å². The van der Waals surface area contributed by atoms with Gasteiger partial charge in [-0.25, -0.2) is 0 Å². The summed E-state index contributed by atoms with van der Waals surface area (Å²) in [6, 6.07) is 0. The van der Waals surface area contributed by atoms with E-state index in [-0.39, 0.29) is 0 Å². The van der Waals surface area contributed by atoms with Gasteiger partial charge in [-0.1, -0.05) is 56.9 Å². The minimum atomic E-state index is 0.572. The van der Waals surface area contributed by atoms with Crippen LogP contribution >= 0.6 is 0 Å². The van der Waals surface area contributed by atoms with Crippen molar-refractivity contribution in [3.63, 3.8) is 0 Å². The molecule has 0 atom stereocenters. The fourth-order valence-corrected chi connectivity index (χ4v) is 2.95. The highest BCUT2D eigenvalue weighted by atomic mass is 14.3. The predicted molar refractivity (Wildman–Crippen MR) is 73.6 cm³/mol. The molecule has 0 N–H and O–H groups in total. The summed E-state index contributed by atoms with van der Waals surface area (Å²) in [6.07, 6.45) is 21.8. The van der Waals surface area contributed by atoms with Gasteiger partial charge in [0.15, 0.2) is 0 Å². The van der Waals surface area contributed by atoms with Crippen LogP contribution in [0.5, 0.6) is 0 Å². The largest absolute Gasteiger partial charge is 0.0917 e. The molecule has 0 aromatic heterocycles. The Bertz CT molecular complexity index is 211. The van der Waals surface area contributed by atoms with Crippen molar-refractivity contribution < 1.29 is 0 Å². The molecule has 0 spiro atoms. The zero-order chi connectivity index (χ0) is 11.7. The van der Waals surface area contributed by atoms with E-state index in [1.807, 2.05) is 0 Å². The predicted octanol–water partition coefficient (Wildman–Crippen LogP) is 5.65. The second-order valence-electron chi connectivity index (χ2n) is 5.22. The zero-order valence-corrected chi connectivity index (χ0v) is 11.2. The van der Waals surface area contributed by atoms with Crippen LogP contribution in [0.4, 0.5) is 0 Å². The lowest BCUT2D eigenvalue weighted by Gasteiger charge is -2.34. The number of hydrogen-bond acceptors (Lipinski definition) is 0.